The Kier molecular flexibility index (Phi) is 5.84. The fourth-order valence-corrected chi connectivity index (χ4v) is 4.40. The number of methoxy groups -OCH3 is 1. The molecule has 1 aromatic heterocycles. The number of rotatable bonds is 4. The lowest BCUT2D eigenvalue weighted by Crippen LogP contribution is -2.30. The highest BCUT2D eigenvalue weighted by atomic mass is 79.9. The highest BCUT2D eigenvalue weighted by Crippen LogP contribution is 2.43. The highest BCUT2D eigenvalue weighted by molar-refractivity contribution is 9.10. The number of hydrogen-bond donors (Lipinski definition) is 1. The molecule has 1 aliphatic heterocycles. The minimum atomic E-state index is -0.863. The van der Waals surface area contributed by atoms with Gasteiger partial charge in [-0.2, -0.15) is 0 Å². The molecule has 0 bridgehead atoms. The number of pyridine rings is 1. The number of aliphatic hydroxyl groups excluding tert-OH is 1. The molecule has 1 aliphatic rings. The van der Waals surface area contributed by atoms with E-state index in [4.69, 9.17) is 4.74 Å². The monoisotopic (exact) mass is 492 g/mol. The van der Waals surface area contributed by atoms with Gasteiger partial charge in [0.25, 0.3) is 11.7 Å². The average molecular weight is 493 g/mol. The molecule has 0 spiro atoms. The number of amides is 1. The number of ether oxygens (including phenoxy) is 1. The van der Waals surface area contributed by atoms with E-state index < -0.39 is 17.7 Å². The molecule has 3 aromatic rings. The third-order valence-electron chi connectivity index (χ3n) is 5.67. The summed E-state index contributed by atoms with van der Waals surface area (Å²) in [4.78, 5) is 32.3. The summed E-state index contributed by atoms with van der Waals surface area (Å²) < 4.78 is 5.86. The summed E-state index contributed by atoms with van der Waals surface area (Å²) in [6.07, 6.45) is 1.60. The van der Waals surface area contributed by atoms with Crippen LogP contribution in [0.3, 0.4) is 0 Å². The third-order valence-corrected chi connectivity index (χ3v) is 6.29. The van der Waals surface area contributed by atoms with Crippen LogP contribution in [-0.2, 0) is 9.59 Å². The average Bonchev–Trinajstić information content (AvgIpc) is 3.06. The third kappa shape index (κ3) is 3.58. The summed E-state index contributed by atoms with van der Waals surface area (Å²) in [5, 5.41) is 11.2. The number of ketones is 1. The standard InChI is InChI=1S/C25H21BrN2O4/c1-14-7-6-9-19(15(14)2)28-22(18-8-4-5-12-27-18)21(24(30)25(28)31)23(29)16-10-11-20(32-3)17(26)13-16/h4-13,22,29H,1-3H3/b23-21+. The van der Waals surface area contributed by atoms with Gasteiger partial charge in [0.2, 0.25) is 0 Å². The van der Waals surface area contributed by atoms with Crippen LogP contribution < -0.4 is 9.64 Å². The van der Waals surface area contributed by atoms with Crippen molar-refractivity contribution in [1.29, 1.82) is 0 Å². The van der Waals surface area contributed by atoms with E-state index in [9.17, 15) is 14.7 Å². The van der Waals surface area contributed by atoms with E-state index in [1.165, 1.54) is 12.0 Å². The van der Waals surface area contributed by atoms with Crippen LogP contribution in [0.15, 0.2) is 70.8 Å². The van der Waals surface area contributed by atoms with Crippen molar-refractivity contribution in [3.63, 3.8) is 0 Å². The van der Waals surface area contributed by atoms with Crippen LogP contribution in [0.5, 0.6) is 5.75 Å². The van der Waals surface area contributed by atoms with E-state index in [1.807, 2.05) is 26.0 Å². The number of anilines is 1. The molecule has 1 fully saturated rings. The van der Waals surface area contributed by atoms with Crippen LogP contribution in [-0.4, -0.2) is 28.9 Å². The lowest BCUT2D eigenvalue weighted by atomic mass is 9.97. The molecule has 6 nitrogen and oxygen atoms in total. The van der Waals surface area contributed by atoms with Gasteiger partial charge in [-0.3, -0.25) is 19.5 Å². The predicted octanol–water partition coefficient (Wildman–Crippen LogP) is 5.10. The maximum atomic E-state index is 13.2. The first-order chi connectivity index (χ1) is 15.3. The van der Waals surface area contributed by atoms with E-state index in [1.54, 1.807) is 48.7 Å². The van der Waals surface area contributed by atoms with Crippen molar-refractivity contribution in [2.24, 2.45) is 0 Å². The molecule has 1 N–H and O–H groups in total. The Morgan fingerprint density at radius 1 is 1.09 bits per heavy atom. The van der Waals surface area contributed by atoms with Gasteiger partial charge in [0.15, 0.2) is 0 Å². The predicted molar refractivity (Wildman–Crippen MR) is 126 cm³/mol. The van der Waals surface area contributed by atoms with E-state index in [2.05, 4.69) is 20.9 Å². The molecule has 0 saturated carbocycles. The van der Waals surface area contributed by atoms with Crippen LogP contribution in [0.2, 0.25) is 0 Å². The molecule has 0 radical (unpaired) electrons. The van der Waals surface area contributed by atoms with Crippen molar-refractivity contribution in [1.82, 2.24) is 4.98 Å². The SMILES string of the molecule is COc1ccc(/C(O)=C2\C(=O)C(=O)N(c3cccc(C)c3C)C2c2ccccn2)cc1Br. The van der Waals surface area contributed by atoms with Crippen LogP contribution in [0.25, 0.3) is 5.76 Å². The van der Waals surface area contributed by atoms with Gasteiger partial charge >= 0.3 is 0 Å². The number of benzene rings is 2. The minimum absolute atomic E-state index is 0.00771. The smallest absolute Gasteiger partial charge is 0.300 e. The van der Waals surface area contributed by atoms with Crippen LogP contribution in [0.4, 0.5) is 5.69 Å². The molecule has 1 saturated heterocycles. The van der Waals surface area contributed by atoms with Gasteiger partial charge in [-0.1, -0.05) is 18.2 Å². The number of aryl methyl sites for hydroxylation is 1. The molecule has 7 heteroatoms. The molecule has 1 unspecified atom stereocenters. The molecule has 1 atom stereocenters. The maximum absolute atomic E-state index is 13.2. The van der Waals surface area contributed by atoms with Gasteiger partial charge in [0.05, 0.1) is 22.8 Å². The van der Waals surface area contributed by atoms with Crippen LogP contribution in [0.1, 0.15) is 28.4 Å². The summed E-state index contributed by atoms with van der Waals surface area (Å²) in [6, 6.07) is 15.0. The molecule has 32 heavy (non-hydrogen) atoms. The first-order valence-corrected chi connectivity index (χ1v) is 10.8. The van der Waals surface area contributed by atoms with Gasteiger partial charge in [-0.05, 0) is 77.3 Å². The number of nitrogens with zero attached hydrogens (tertiary/aromatic N) is 2. The summed E-state index contributed by atoms with van der Waals surface area (Å²) in [5.41, 5.74) is 3.34. The lowest BCUT2D eigenvalue weighted by Gasteiger charge is -2.26. The number of aliphatic hydroxyl groups is 1. The fourth-order valence-electron chi connectivity index (χ4n) is 3.86. The van der Waals surface area contributed by atoms with Gasteiger partial charge in [-0.15, -0.1) is 0 Å². The van der Waals surface area contributed by atoms with Crippen molar-refractivity contribution in [3.8, 4) is 5.75 Å². The summed E-state index contributed by atoms with van der Waals surface area (Å²) in [6.45, 7) is 3.85. The molecule has 162 valence electrons. The molecular weight excluding hydrogens is 472 g/mol. The molecule has 1 amide bonds. The molecule has 4 rings (SSSR count). The summed E-state index contributed by atoms with van der Waals surface area (Å²) in [5.74, 6) is -1.15. The van der Waals surface area contributed by atoms with Gasteiger partial charge in [0, 0.05) is 17.4 Å². The second kappa shape index (κ2) is 8.59. The van der Waals surface area contributed by atoms with E-state index in [0.717, 1.165) is 11.1 Å². The Hall–Kier alpha value is -3.45. The van der Waals surface area contributed by atoms with Gasteiger partial charge in [-0.25, -0.2) is 0 Å². The molecule has 0 aliphatic carbocycles. The first kappa shape index (κ1) is 21.8. The van der Waals surface area contributed by atoms with Crippen molar-refractivity contribution < 1.29 is 19.4 Å². The number of halogens is 1. The minimum Gasteiger partial charge on any atom is -0.507 e. The van der Waals surface area contributed by atoms with Gasteiger partial charge < -0.3 is 9.84 Å². The number of aromatic nitrogens is 1. The van der Waals surface area contributed by atoms with Crippen molar-refractivity contribution >= 4 is 39.1 Å². The van der Waals surface area contributed by atoms with Gasteiger partial charge in [0.1, 0.15) is 17.6 Å². The van der Waals surface area contributed by atoms with E-state index in [0.29, 0.717) is 27.2 Å². The van der Waals surface area contributed by atoms with Crippen molar-refractivity contribution in [3.05, 3.63) is 93.2 Å². The highest BCUT2D eigenvalue weighted by Gasteiger charge is 2.48. The second-order valence-corrected chi connectivity index (χ2v) is 8.35. The zero-order chi connectivity index (χ0) is 23.0. The Morgan fingerprint density at radius 3 is 2.53 bits per heavy atom. The first-order valence-electron chi connectivity index (χ1n) is 9.97. The molecule has 2 heterocycles. The summed E-state index contributed by atoms with van der Waals surface area (Å²) >= 11 is 3.40. The maximum Gasteiger partial charge on any atom is 0.300 e. The fraction of sp³-hybridized carbons (Fsp3) is 0.160. The number of hydrogen-bond acceptors (Lipinski definition) is 5. The van der Waals surface area contributed by atoms with E-state index >= 15 is 0 Å². The Morgan fingerprint density at radius 2 is 1.88 bits per heavy atom. The van der Waals surface area contributed by atoms with Crippen molar-refractivity contribution in [2.75, 3.05) is 12.0 Å². The quantitative estimate of drug-likeness (QED) is 0.311. The number of carbonyl (C=O) groups is 2. The topological polar surface area (TPSA) is 79.7 Å². The second-order valence-electron chi connectivity index (χ2n) is 7.49. The van der Waals surface area contributed by atoms with Crippen LogP contribution in [0, 0.1) is 13.8 Å². The van der Waals surface area contributed by atoms with Crippen molar-refractivity contribution in [2.45, 2.75) is 19.9 Å². The zero-order valence-corrected chi connectivity index (χ0v) is 19.4. The largest absolute Gasteiger partial charge is 0.507 e. The normalized spacial score (nSPS) is 17.6. The molecular formula is C25H21BrN2O4. The number of carbonyl (C=O) groups excluding carboxylic acids is 2. The summed E-state index contributed by atoms with van der Waals surface area (Å²) in [7, 11) is 1.54. The Balaban J connectivity index is 1.96. The Labute approximate surface area is 194 Å². The number of Topliss-reactive ketones (excluding diaryl/α,β-unsaturated/α-hetero) is 1. The lowest BCUT2D eigenvalue weighted by molar-refractivity contribution is -0.132. The zero-order valence-electron chi connectivity index (χ0n) is 17.8. The van der Waals surface area contributed by atoms with Crippen LogP contribution >= 0.6 is 15.9 Å². The molecule has 2 aromatic carbocycles. The Bertz CT molecular complexity index is 1250. The van der Waals surface area contributed by atoms with E-state index in [-0.39, 0.29) is 11.3 Å².